The van der Waals surface area contributed by atoms with Crippen LogP contribution in [0.1, 0.15) is 49.4 Å². The van der Waals surface area contributed by atoms with E-state index in [4.69, 9.17) is 9.72 Å². The number of aliphatic hydroxyl groups is 1. The maximum absolute atomic E-state index is 12.8. The highest BCUT2D eigenvalue weighted by Crippen LogP contribution is 2.60. The number of aromatic nitrogens is 1. The first-order valence-corrected chi connectivity index (χ1v) is 14.4. The minimum Gasteiger partial charge on any atom is -0.504 e. The first-order valence-electron chi connectivity index (χ1n) is 14.4. The van der Waals surface area contributed by atoms with E-state index in [-0.39, 0.29) is 17.9 Å². The number of phenolic OH excluding ortho intramolecular Hbond substituents is 1. The van der Waals surface area contributed by atoms with Gasteiger partial charge in [0, 0.05) is 61.5 Å². The van der Waals surface area contributed by atoms with Gasteiger partial charge in [0.05, 0.1) is 11.0 Å². The molecule has 3 aliphatic heterocycles. The van der Waals surface area contributed by atoms with Crippen molar-refractivity contribution < 1.29 is 14.9 Å². The number of aromatic hydroxyl groups is 1. The van der Waals surface area contributed by atoms with Gasteiger partial charge in [-0.05, 0) is 75.1 Å². The zero-order valence-corrected chi connectivity index (χ0v) is 22.6. The summed E-state index contributed by atoms with van der Waals surface area (Å²) in [4.78, 5) is 9.72. The third-order valence-corrected chi connectivity index (χ3v) is 10.2. The highest BCUT2D eigenvalue weighted by molar-refractivity contribution is 5.81. The number of likely N-dealkylation sites (tertiary alicyclic amines) is 2. The van der Waals surface area contributed by atoms with Gasteiger partial charge in [-0.1, -0.05) is 30.3 Å². The lowest BCUT2D eigenvalue weighted by Gasteiger charge is -2.57. The molecule has 1 aromatic heterocycles. The zero-order chi connectivity index (χ0) is 26.1. The molecule has 3 aromatic rings. The molecule has 2 N–H and O–H groups in total. The zero-order valence-electron chi connectivity index (χ0n) is 22.6. The van der Waals surface area contributed by atoms with Gasteiger partial charge in [0.1, 0.15) is 6.10 Å². The van der Waals surface area contributed by atoms with Gasteiger partial charge in [-0.2, -0.15) is 0 Å². The molecule has 0 radical (unpaired) electrons. The SMILES string of the molecule is Cc1ccc(O)c2c1C13CCN(CC4CC4)C(C)C1(O)CCN(CCc1cc4ccccc4cn1)C[C@@H]3O2. The highest BCUT2D eigenvalue weighted by Gasteiger charge is 2.67. The van der Waals surface area contributed by atoms with Gasteiger partial charge in [-0.25, -0.2) is 0 Å². The van der Waals surface area contributed by atoms with Crippen LogP contribution in [0.4, 0.5) is 0 Å². The second kappa shape index (κ2) is 8.94. The van der Waals surface area contributed by atoms with Crippen LogP contribution in [0.25, 0.3) is 10.8 Å². The van der Waals surface area contributed by atoms with Gasteiger partial charge in [-0.15, -0.1) is 0 Å². The van der Waals surface area contributed by atoms with Crippen LogP contribution in [0.15, 0.2) is 48.7 Å². The number of aryl methyl sites for hydroxylation is 1. The molecule has 6 nitrogen and oxygen atoms in total. The normalized spacial score (nSPS) is 31.3. The summed E-state index contributed by atoms with van der Waals surface area (Å²) in [5, 5.41) is 26.1. The summed E-state index contributed by atoms with van der Waals surface area (Å²) >= 11 is 0. The average Bonchev–Trinajstić information content (AvgIpc) is 3.70. The maximum Gasteiger partial charge on any atom is 0.165 e. The van der Waals surface area contributed by atoms with E-state index in [1.807, 2.05) is 18.3 Å². The molecule has 0 amide bonds. The summed E-state index contributed by atoms with van der Waals surface area (Å²) in [5.41, 5.74) is 1.77. The number of hydrogen-bond donors (Lipinski definition) is 2. The van der Waals surface area contributed by atoms with Gasteiger partial charge in [0.2, 0.25) is 0 Å². The summed E-state index contributed by atoms with van der Waals surface area (Å²) < 4.78 is 6.66. The van der Waals surface area contributed by atoms with Crippen molar-refractivity contribution >= 4 is 10.8 Å². The van der Waals surface area contributed by atoms with E-state index >= 15 is 0 Å². The predicted molar refractivity (Wildman–Crippen MR) is 149 cm³/mol. The van der Waals surface area contributed by atoms with Gasteiger partial charge < -0.3 is 14.9 Å². The van der Waals surface area contributed by atoms with Crippen molar-refractivity contribution in [3.63, 3.8) is 0 Å². The number of rotatable bonds is 5. The first kappa shape index (κ1) is 24.4. The number of ether oxygens (including phenoxy) is 1. The van der Waals surface area contributed by atoms with Gasteiger partial charge in [0.25, 0.3) is 0 Å². The first-order chi connectivity index (χ1) is 18.4. The van der Waals surface area contributed by atoms with Gasteiger partial charge in [-0.3, -0.25) is 14.8 Å². The van der Waals surface area contributed by atoms with Crippen LogP contribution in [0.2, 0.25) is 0 Å². The van der Waals surface area contributed by atoms with Gasteiger partial charge in [0.15, 0.2) is 11.5 Å². The lowest BCUT2D eigenvalue weighted by atomic mass is 9.56. The number of fused-ring (bicyclic) bond motifs is 2. The quantitative estimate of drug-likeness (QED) is 0.526. The number of hydrogen-bond acceptors (Lipinski definition) is 6. The van der Waals surface area contributed by atoms with Crippen LogP contribution in [-0.4, -0.2) is 75.5 Å². The Morgan fingerprint density at radius 1 is 1.08 bits per heavy atom. The van der Waals surface area contributed by atoms with Crippen molar-refractivity contribution in [2.24, 2.45) is 5.92 Å². The van der Waals surface area contributed by atoms with Crippen LogP contribution in [-0.2, 0) is 11.8 Å². The number of piperidine rings is 1. The topological polar surface area (TPSA) is 69.1 Å². The summed E-state index contributed by atoms with van der Waals surface area (Å²) in [6.07, 6.45) is 6.78. The number of benzene rings is 2. The summed E-state index contributed by atoms with van der Waals surface area (Å²) in [7, 11) is 0. The van der Waals surface area contributed by atoms with E-state index in [1.54, 1.807) is 6.07 Å². The number of phenols is 1. The standard InChI is InChI=1S/C32H39N3O3/c1-21-7-10-27(36)30-29(21)31-12-16-35(19-23-8-9-23)22(2)32(31,37)13-15-34(20-28(31)38-30)14-11-26-17-24-5-3-4-6-25(24)18-33-26/h3-7,10,17-18,22-23,28,36-37H,8-9,11-16,19-20H2,1-2H3/t22?,28-,31?,32?/m0/s1. The Morgan fingerprint density at radius 3 is 2.71 bits per heavy atom. The van der Waals surface area contributed by atoms with E-state index in [9.17, 15) is 10.2 Å². The van der Waals surface area contributed by atoms with Crippen molar-refractivity contribution in [1.29, 1.82) is 0 Å². The van der Waals surface area contributed by atoms with Crippen molar-refractivity contribution in [1.82, 2.24) is 14.8 Å². The number of nitrogens with zero attached hydrogens (tertiary/aromatic N) is 3. The molecule has 1 spiro atoms. The Balaban J connectivity index is 1.21. The molecule has 0 bridgehead atoms. The van der Waals surface area contributed by atoms with E-state index in [0.717, 1.165) is 73.7 Å². The third kappa shape index (κ3) is 3.68. The fraction of sp³-hybridized carbons (Fsp3) is 0.531. The monoisotopic (exact) mass is 513 g/mol. The predicted octanol–water partition coefficient (Wildman–Crippen LogP) is 4.43. The van der Waals surface area contributed by atoms with Gasteiger partial charge >= 0.3 is 0 Å². The Labute approximate surface area is 225 Å². The molecule has 4 aliphatic rings. The molecule has 3 unspecified atom stereocenters. The van der Waals surface area contributed by atoms with E-state index < -0.39 is 11.0 Å². The highest BCUT2D eigenvalue weighted by atomic mass is 16.5. The minimum absolute atomic E-state index is 0.0257. The van der Waals surface area contributed by atoms with Crippen molar-refractivity contribution in [2.45, 2.75) is 69.1 Å². The molecule has 2 saturated heterocycles. The van der Waals surface area contributed by atoms with Crippen molar-refractivity contribution in [2.75, 3.05) is 32.7 Å². The number of pyridine rings is 1. The average molecular weight is 514 g/mol. The molecule has 7 rings (SSSR count). The smallest absolute Gasteiger partial charge is 0.165 e. The lowest BCUT2D eigenvalue weighted by Crippen LogP contribution is -2.70. The van der Waals surface area contributed by atoms with Crippen LogP contribution >= 0.6 is 0 Å². The summed E-state index contributed by atoms with van der Waals surface area (Å²) in [6.45, 7) is 8.78. The molecule has 200 valence electrons. The molecular formula is C32H39N3O3. The Kier molecular flexibility index (Phi) is 5.73. The molecule has 4 atom stereocenters. The van der Waals surface area contributed by atoms with E-state index in [2.05, 4.69) is 47.9 Å². The van der Waals surface area contributed by atoms with Crippen LogP contribution in [0, 0.1) is 12.8 Å². The fourth-order valence-electron chi connectivity index (χ4n) is 7.84. The van der Waals surface area contributed by atoms with Crippen molar-refractivity contribution in [3.8, 4) is 11.5 Å². The Hall–Kier alpha value is -2.67. The second-order valence-corrected chi connectivity index (χ2v) is 12.3. The fourth-order valence-corrected chi connectivity index (χ4v) is 7.84. The lowest BCUT2D eigenvalue weighted by molar-refractivity contribution is -0.151. The minimum atomic E-state index is -0.940. The van der Waals surface area contributed by atoms with E-state index in [0.29, 0.717) is 12.2 Å². The van der Waals surface area contributed by atoms with Crippen LogP contribution in [0.5, 0.6) is 11.5 Å². The summed E-state index contributed by atoms with van der Waals surface area (Å²) in [5.74, 6) is 1.56. The van der Waals surface area contributed by atoms with Crippen LogP contribution in [0.3, 0.4) is 0 Å². The summed E-state index contributed by atoms with van der Waals surface area (Å²) in [6, 6.07) is 14.3. The van der Waals surface area contributed by atoms with Crippen molar-refractivity contribution in [3.05, 3.63) is 65.5 Å². The molecular weight excluding hydrogens is 474 g/mol. The third-order valence-electron chi connectivity index (χ3n) is 10.2. The largest absolute Gasteiger partial charge is 0.504 e. The van der Waals surface area contributed by atoms with Crippen LogP contribution < -0.4 is 4.74 Å². The Morgan fingerprint density at radius 2 is 1.89 bits per heavy atom. The molecule has 2 aromatic carbocycles. The van der Waals surface area contributed by atoms with E-state index in [1.165, 1.54) is 18.2 Å². The molecule has 4 heterocycles. The molecule has 6 heteroatoms. The molecule has 1 aliphatic carbocycles. The molecule has 3 fully saturated rings. The Bertz CT molecular complexity index is 1370. The molecule has 1 saturated carbocycles. The maximum atomic E-state index is 12.8. The molecule has 38 heavy (non-hydrogen) atoms. The second-order valence-electron chi connectivity index (χ2n) is 12.3.